The van der Waals surface area contributed by atoms with Crippen LogP contribution in [-0.2, 0) is 11.3 Å². The minimum atomic E-state index is -0.233. The smallest absolute Gasteiger partial charge is 0.226 e. The maximum atomic E-state index is 13.0. The number of nitrogens with zero attached hydrogens (tertiary/aromatic N) is 1. The summed E-state index contributed by atoms with van der Waals surface area (Å²) in [6.07, 6.45) is 2.91. The van der Waals surface area contributed by atoms with E-state index in [9.17, 15) is 9.18 Å². The summed E-state index contributed by atoms with van der Waals surface area (Å²) in [5.74, 6) is 0.219. The lowest BCUT2D eigenvalue weighted by molar-refractivity contribution is -0.131. The average molecular weight is 329 g/mol. The zero-order valence-electron chi connectivity index (χ0n) is 13.3. The Labute approximate surface area is 140 Å². The summed E-state index contributed by atoms with van der Waals surface area (Å²) in [6, 6.07) is 14.8. The molecule has 0 bridgehead atoms. The zero-order chi connectivity index (χ0) is 16.4. The van der Waals surface area contributed by atoms with Crippen molar-refractivity contribution in [3.8, 4) is 0 Å². The Morgan fingerprint density at radius 3 is 2.43 bits per heavy atom. The molecule has 2 aromatic rings. The van der Waals surface area contributed by atoms with Crippen LogP contribution in [0.2, 0.25) is 0 Å². The number of carbonyl (C=O) groups is 1. The van der Waals surface area contributed by atoms with Gasteiger partial charge in [-0.3, -0.25) is 4.79 Å². The first kappa shape index (κ1) is 16.1. The lowest BCUT2D eigenvalue weighted by atomic mass is 10.1. The van der Waals surface area contributed by atoms with Gasteiger partial charge in [-0.2, -0.15) is 0 Å². The van der Waals surface area contributed by atoms with Crippen LogP contribution in [-0.4, -0.2) is 24.1 Å². The highest BCUT2D eigenvalue weighted by molar-refractivity contribution is 7.98. The summed E-state index contributed by atoms with van der Waals surface area (Å²) < 4.78 is 13.0. The molecule has 2 unspecified atom stereocenters. The highest BCUT2D eigenvalue weighted by Gasteiger charge is 2.45. The van der Waals surface area contributed by atoms with Crippen molar-refractivity contribution >= 4 is 17.7 Å². The first-order chi connectivity index (χ1) is 11.1. The van der Waals surface area contributed by atoms with E-state index in [4.69, 9.17) is 0 Å². The molecule has 0 heterocycles. The van der Waals surface area contributed by atoms with Crippen molar-refractivity contribution in [1.82, 2.24) is 4.90 Å². The molecule has 2 aromatic carbocycles. The normalized spacial score (nSPS) is 19.4. The molecule has 23 heavy (non-hydrogen) atoms. The number of thioether (sulfide) groups is 1. The quantitative estimate of drug-likeness (QED) is 0.762. The highest BCUT2D eigenvalue weighted by Crippen LogP contribution is 2.48. The lowest BCUT2D eigenvalue weighted by Crippen LogP contribution is -2.28. The van der Waals surface area contributed by atoms with E-state index in [0.29, 0.717) is 6.54 Å². The number of hydrogen-bond acceptors (Lipinski definition) is 2. The second-order valence-corrected chi connectivity index (χ2v) is 6.92. The van der Waals surface area contributed by atoms with Gasteiger partial charge in [-0.15, -0.1) is 11.8 Å². The summed E-state index contributed by atoms with van der Waals surface area (Å²) in [6.45, 7) is 0.625. The third kappa shape index (κ3) is 3.75. The van der Waals surface area contributed by atoms with Crippen LogP contribution in [0.25, 0.3) is 0 Å². The Morgan fingerprint density at radius 1 is 1.17 bits per heavy atom. The molecule has 2 atom stereocenters. The third-order valence-electron chi connectivity index (χ3n) is 4.36. The SMILES string of the molecule is CSc1ccc(CN(C)C(=O)C2CC2c2ccc(F)cc2)cc1. The molecule has 1 fully saturated rings. The van der Waals surface area contributed by atoms with E-state index >= 15 is 0 Å². The molecule has 0 saturated heterocycles. The second kappa shape index (κ2) is 6.75. The summed E-state index contributed by atoms with van der Waals surface area (Å²) in [7, 11) is 1.85. The fourth-order valence-corrected chi connectivity index (χ4v) is 3.32. The van der Waals surface area contributed by atoms with Crippen molar-refractivity contribution < 1.29 is 9.18 Å². The van der Waals surface area contributed by atoms with Crippen molar-refractivity contribution in [3.63, 3.8) is 0 Å². The molecule has 0 radical (unpaired) electrons. The van der Waals surface area contributed by atoms with Gasteiger partial charge in [-0.25, -0.2) is 4.39 Å². The average Bonchev–Trinajstić information content (AvgIpc) is 3.36. The molecule has 1 amide bonds. The molecule has 2 nitrogen and oxygen atoms in total. The summed E-state index contributed by atoms with van der Waals surface area (Å²) in [5, 5.41) is 0. The van der Waals surface area contributed by atoms with Crippen LogP contribution in [0.3, 0.4) is 0 Å². The third-order valence-corrected chi connectivity index (χ3v) is 5.10. The first-order valence-electron chi connectivity index (χ1n) is 7.72. The standard InChI is InChI=1S/C19H20FNOS/c1-21(12-13-3-9-16(23-2)10-4-13)19(22)18-11-17(18)14-5-7-15(20)8-6-14/h3-10,17-18H,11-12H2,1-2H3. The Balaban J connectivity index is 1.58. The Bertz CT molecular complexity index is 684. The van der Waals surface area contributed by atoms with Gasteiger partial charge in [0.15, 0.2) is 0 Å². The van der Waals surface area contributed by atoms with E-state index in [1.165, 1.54) is 17.0 Å². The number of amides is 1. The van der Waals surface area contributed by atoms with Gasteiger partial charge in [-0.05, 0) is 54.0 Å². The molecule has 0 spiro atoms. The molecule has 0 aromatic heterocycles. The minimum Gasteiger partial charge on any atom is -0.341 e. The number of halogens is 1. The van der Waals surface area contributed by atoms with Crippen molar-refractivity contribution in [1.29, 1.82) is 0 Å². The maximum absolute atomic E-state index is 13.0. The van der Waals surface area contributed by atoms with E-state index in [-0.39, 0.29) is 23.6 Å². The van der Waals surface area contributed by atoms with Gasteiger partial charge >= 0.3 is 0 Å². The highest BCUT2D eigenvalue weighted by atomic mass is 32.2. The summed E-state index contributed by atoms with van der Waals surface area (Å²) in [4.78, 5) is 15.5. The van der Waals surface area contributed by atoms with Crippen molar-refractivity contribution in [2.75, 3.05) is 13.3 Å². The molecular weight excluding hydrogens is 309 g/mol. The molecular formula is C19H20FNOS. The van der Waals surface area contributed by atoms with Crippen LogP contribution in [0.4, 0.5) is 4.39 Å². The molecule has 120 valence electrons. The van der Waals surface area contributed by atoms with Crippen LogP contribution in [0.1, 0.15) is 23.5 Å². The second-order valence-electron chi connectivity index (χ2n) is 6.04. The maximum Gasteiger partial charge on any atom is 0.226 e. The summed E-state index contributed by atoms with van der Waals surface area (Å²) >= 11 is 1.71. The predicted molar refractivity (Wildman–Crippen MR) is 91.9 cm³/mol. The zero-order valence-corrected chi connectivity index (χ0v) is 14.1. The van der Waals surface area contributed by atoms with Crippen LogP contribution >= 0.6 is 11.8 Å². The molecule has 1 aliphatic rings. The Kier molecular flexibility index (Phi) is 4.71. The van der Waals surface area contributed by atoms with E-state index in [1.807, 2.05) is 13.3 Å². The van der Waals surface area contributed by atoms with Crippen LogP contribution in [0, 0.1) is 11.7 Å². The fourth-order valence-electron chi connectivity index (χ4n) is 2.91. The van der Waals surface area contributed by atoms with E-state index < -0.39 is 0 Å². The van der Waals surface area contributed by atoms with Crippen molar-refractivity contribution in [2.45, 2.75) is 23.8 Å². The van der Waals surface area contributed by atoms with Gasteiger partial charge < -0.3 is 4.90 Å². The number of carbonyl (C=O) groups excluding carboxylic acids is 1. The minimum absolute atomic E-state index is 0.0379. The lowest BCUT2D eigenvalue weighted by Gasteiger charge is -2.17. The molecule has 4 heteroatoms. The van der Waals surface area contributed by atoms with Crippen LogP contribution in [0.15, 0.2) is 53.4 Å². The van der Waals surface area contributed by atoms with Crippen molar-refractivity contribution in [3.05, 3.63) is 65.5 Å². The predicted octanol–water partition coefficient (Wildman–Crippen LogP) is 4.31. The summed E-state index contributed by atoms with van der Waals surface area (Å²) in [5.41, 5.74) is 2.19. The number of rotatable bonds is 5. The molecule has 1 aliphatic carbocycles. The number of hydrogen-bond donors (Lipinski definition) is 0. The van der Waals surface area contributed by atoms with Gasteiger partial charge in [0.1, 0.15) is 5.82 Å². The Morgan fingerprint density at radius 2 is 1.83 bits per heavy atom. The van der Waals surface area contributed by atoms with Gasteiger partial charge in [-0.1, -0.05) is 24.3 Å². The largest absolute Gasteiger partial charge is 0.341 e. The van der Waals surface area contributed by atoms with Gasteiger partial charge in [0, 0.05) is 24.4 Å². The topological polar surface area (TPSA) is 20.3 Å². The fraction of sp³-hybridized carbons (Fsp3) is 0.316. The van der Waals surface area contributed by atoms with Crippen LogP contribution < -0.4 is 0 Å². The van der Waals surface area contributed by atoms with Crippen molar-refractivity contribution in [2.24, 2.45) is 5.92 Å². The molecule has 0 aliphatic heterocycles. The first-order valence-corrected chi connectivity index (χ1v) is 8.94. The Hall–Kier alpha value is -1.81. The van der Waals surface area contributed by atoms with Gasteiger partial charge in [0.2, 0.25) is 5.91 Å². The van der Waals surface area contributed by atoms with Gasteiger partial charge in [0.05, 0.1) is 0 Å². The molecule has 1 saturated carbocycles. The molecule has 0 N–H and O–H groups in total. The van der Waals surface area contributed by atoms with Crippen LogP contribution in [0.5, 0.6) is 0 Å². The van der Waals surface area contributed by atoms with E-state index in [0.717, 1.165) is 17.5 Å². The monoisotopic (exact) mass is 329 g/mol. The molecule has 3 rings (SSSR count). The van der Waals surface area contributed by atoms with E-state index in [2.05, 4.69) is 24.3 Å². The van der Waals surface area contributed by atoms with E-state index in [1.54, 1.807) is 28.8 Å². The van der Waals surface area contributed by atoms with Gasteiger partial charge in [0.25, 0.3) is 0 Å². The number of benzene rings is 2.